The summed E-state index contributed by atoms with van der Waals surface area (Å²) in [5.41, 5.74) is 5.47. The molecule has 20 heavy (non-hydrogen) atoms. The molecule has 1 unspecified atom stereocenters. The largest absolute Gasteiger partial charge is 0.398 e. The van der Waals surface area contributed by atoms with Gasteiger partial charge in [-0.3, -0.25) is 0 Å². The van der Waals surface area contributed by atoms with E-state index in [-0.39, 0.29) is 21.1 Å². The number of halogens is 2. The van der Waals surface area contributed by atoms with Crippen LogP contribution in [0.2, 0.25) is 0 Å². The van der Waals surface area contributed by atoms with Crippen molar-refractivity contribution in [3.8, 4) is 0 Å². The molecule has 0 heterocycles. The molecule has 3 N–H and O–H groups in total. The van der Waals surface area contributed by atoms with Gasteiger partial charge >= 0.3 is 0 Å². The molecule has 0 aliphatic carbocycles. The van der Waals surface area contributed by atoms with Crippen molar-refractivity contribution in [3.63, 3.8) is 0 Å². The standard InChI is InChI=1S/C12H19BrFN3O2S/c1-8(4-5-17(2)3)16-20(18,19)12-6-9(13)10(14)7-11(12)15/h6-8,16H,4-5,15H2,1-3H3. The Morgan fingerprint density at radius 2 is 2.05 bits per heavy atom. The van der Waals surface area contributed by atoms with Crippen LogP contribution in [0, 0.1) is 5.82 Å². The van der Waals surface area contributed by atoms with Gasteiger partial charge in [-0.1, -0.05) is 0 Å². The second-order valence-corrected chi connectivity index (χ2v) is 7.46. The molecule has 0 radical (unpaired) electrons. The van der Waals surface area contributed by atoms with E-state index in [4.69, 9.17) is 5.73 Å². The van der Waals surface area contributed by atoms with E-state index in [2.05, 4.69) is 20.7 Å². The van der Waals surface area contributed by atoms with Gasteiger partial charge in [0.1, 0.15) is 10.7 Å². The minimum absolute atomic E-state index is 0.0630. The number of benzene rings is 1. The molecule has 0 aliphatic heterocycles. The molecule has 0 bridgehead atoms. The third-order valence-corrected chi connectivity index (χ3v) is 4.96. The quantitative estimate of drug-likeness (QED) is 0.751. The van der Waals surface area contributed by atoms with E-state index < -0.39 is 15.8 Å². The minimum atomic E-state index is -3.77. The first kappa shape index (κ1) is 17.4. The number of hydrogen-bond donors (Lipinski definition) is 2. The van der Waals surface area contributed by atoms with E-state index in [1.165, 1.54) is 6.07 Å². The Kier molecular flexibility index (Phi) is 5.93. The maximum atomic E-state index is 13.3. The normalized spacial score (nSPS) is 13.7. The molecule has 114 valence electrons. The lowest BCUT2D eigenvalue weighted by atomic mass is 10.2. The van der Waals surface area contributed by atoms with Crippen LogP contribution in [0.4, 0.5) is 10.1 Å². The van der Waals surface area contributed by atoms with Crippen molar-refractivity contribution in [1.29, 1.82) is 0 Å². The van der Waals surface area contributed by atoms with Crippen LogP contribution in [0.3, 0.4) is 0 Å². The molecular weight excluding hydrogens is 349 g/mol. The summed E-state index contributed by atoms with van der Waals surface area (Å²) in [5, 5.41) is 0. The zero-order valence-corrected chi connectivity index (χ0v) is 14.1. The monoisotopic (exact) mass is 367 g/mol. The molecular formula is C12H19BrFN3O2S. The summed E-state index contributed by atoms with van der Waals surface area (Å²) < 4.78 is 40.3. The number of nitrogens with one attached hydrogen (secondary N) is 1. The van der Waals surface area contributed by atoms with Crippen LogP contribution in [0.5, 0.6) is 0 Å². The first-order valence-electron chi connectivity index (χ1n) is 6.05. The number of nitrogen functional groups attached to an aromatic ring is 1. The lowest BCUT2D eigenvalue weighted by Gasteiger charge is -2.17. The van der Waals surface area contributed by atoms with Crippen molar-refractivity contribution in [2.24, 2.45) is 0 Å². The molecule has 0 aliphatic rings. The summed E-state index contributed by atoms with van der Waals surface area (Å²) in [6.45, 7) is 2.53. The summed E-state index contributed by atoms with van der Waals surface area (Å²) in [7, 11) is 0.0584. The van der Waals surface area contributed by atoms with E-state index in [0.29, 0.717) is 6.42 Å². The number of nitrogens with zero attached hydrogens (tertiary/aromatic N) is 1. The highest BCUT2D eigenvalue weighted by molar-refractivity contribution is 9.10. The van der Waals surface area contributed by atoms with E-state index in [1.807, 2.05) is 19.0 Å². The molecule has 1 rings (SSSR count). The SMILES string of the molecule is CC(CCN(C)C)NS(=O)(=O)c1cc(Br)c(F)cc1N. The lowest BCUT2D eigenvalue weighted by molar-refractivity contribution is 0.379. The van der Waals surface area contributed by atoms with Crippen molar-refractivity contribution in [1.82, 2.24) is 9.62 Å². The predicted octanol–water partition coefficient (Wildman–Crippen LogP) is 1.79. The summed E-state index contributed by atoms with van der Waals surface area (Å²) in [6, 6.07) is 1.92. The number of rotatable bonds is 6. The summed E-state index contributed by atoms with van der Waals surface area (Å²) >= 11 is 2.96. The topological polar surface area (TPSA) is 75.4 Å². The van der Waals surface area contributed by atoms with Crippen LogP contribution in [0.25, 0.3) is 0 Å². The Morgan fingerprint density at radius 3 is 2.60 bits per heavy atom. The van der Waals surface area contributed by atoms with Crippen molar-refractivity contribution < 1.29 is 12.8 Å². The van der Waals surface area contributed by atoms with Crippen molar-refractivity contribution in [2.75, 3.05) is 26.4 Å². The first-order chi connectivity index (χ1) is 9.13. The van der Waals surface area contributed by atoms with Gasteiger partial charge in [0.2, 0.25) is 10.0 Å². The average molecular weight is 368 g/mol. The number of anilines is 1. The van der Waals surface area contributed by atoms with Crippen molar-refractivity contribution >= 4 is 31.6 Å². The highest BCUT2D eigenvalue weighted by Crippen LogP contribution is 2.26. The molecule has 0 amide bonds. The second-order valence-electron chi connectivity index (χ2n) is 4.92. The van der Waals surface area contributed by atoms with Gasteiger partial charge in [-0.25, -0.2) is 17.5 Å². The van der Waals surface area contributed by atoms with Crippen LogP contribution in [-0.2, 0) is 10.0 Å². The Hall–Kier alpha value is -0.700. The molecule has 5 nitrogen and oxygen atoms in total. The maximum absolute atomic E-state index is 13.3. The van der Waals surface area contributed by atoms with Gasteiger partial charge in [-0.15, -0.1) is 0 Å². The van der Waals surface area contributed by atoms with Gasteiger partial charge in [-0.05, 0) is 62.0 Å². The molecule has 0 saturated carbocycles. The molecule has 1 aromatic rings. The van der Waals surface area contributed by atoms with Gasteiger partial charge in [-0.2, -0.15) is 0 Å². The number of nitrogens with two attached hydrogens (primary N) is 1. The smallest absolute Gasteiger partial charge is 0.242 e. The van der Waals surface area contributed by atoms with Gasteiger partial charge in [0.15, 0.2) is 0 Å². The Balaban J connectivity index is 2.92. The zero-order chi connectivity index (χ0) is 15.5. The molecule has 8 heteroatoms. The Labute approximate surface area is 127 Å². The average Bonchev–Trinajstić information content (AvgIpc) is 2.30. The fraction of sp³-hybridized carbons (Fsp3) is 0.500. The first-order valence-corrected chi connectivity index (χ1v) is 8.32. The van der Waals surface area contributed by atoms with Gasteiger partial charge < -0.3 is 10.6 Å². The van der Waals surface area contributed by atoms with E-state index >= 15 is 0 Å². The minimum Gasteiger partial charge on any atom is -0.398 e. The molecule has 0 spiro atoms. The van der Waals surface area contributed by atoms with Gasteiger partial charge in [0, 0.05) is 6.04 Å². The highest BCUT2D eigenvalue weighted by atomic mass is 79.9. The summed E-state index contributed by atoms with van der Waals surface area (Å²) in [6.07, 6.45) is 0.661. The molecule has 1 atom stereocenters. The fourth-order valence-corrected chi connectivity index (χ4v) is 3.53. The Bertz CT molecular complexity index is 578. The van der Waals surface area contributed by atoms with Gasteiger partial charge in [0.05, 0.1) is 10.2 Å². The Morgan fingerprint density at radius 1 is 1.45 bits per heavy atom. The summed E-state index contributed by atoms with van der Waals surface area (Å²) in [5.74, 6) is -0.595. The van der Waals surface area contributed by atoms with Crippen LogP contribution < -0.4 is 10.5 Å². The van der Waals surface area contributed by atoms with Crippen LogP contribution in [0.1, 0.15) is 13.3 Å². The van der Waals surface area contributed by atoms with E-state index in [9.17, 15) is 12.8 Å². The molecule has 0 saturated heterocycles. The van der Waals surface area contributed by atoms with Crippen molar-refractivity contribution in [2.45, 2.75) is 24.3 Å². The van der Waals surface area contributed by atoms with Crippen LogP contribution in [-0.4, -0.2) is 40.0 Å². The lowest BCUT2D eigenvalue weighted by Crippen LogP contribution is -2.35. The highest BCUT2D eigenvalue weighted by Gasteiger charge is 2.21. The predicted molar refractivity (Wildman–Crippen MR) is 81.5 cm³/mol. The summed E-state index contributed by atoms with van der Waals surface area (Å²) in [4.78, 5) is 1.84. The number of hydrogen-bond acceptors (Lipinski definition) is 4. The van der Waals surface area contributed by atoms with Gasteiger partial charge in [0.25, 0.3) is 0 Å². The fourth-order valence-electron chi connectivity index (χ4n) is 1.62. The van der Waals surface area contributed by atoms with Crippen LogP contribution >= 0.6 is 15.9 Å². The second kappa shape index (κ2) is 6.84. The third-order valence-electron chi connectivity index (χ3n) is 2.71. The third kappa shape index (κ3) is 4.69. The maximum Gasteiger partial charge on any atom is 0.242 e. The van der Waals surface area contributed by atoms with E-state index in [1.54, 1.807) is 6.92 Å². The molecule has 0 fully saturated rings. The van der Waals surface area contributed by atoms with Crippen molar-refractivity contribution in [3.05, 3.63) is 22.4 Å². The molecule has 0 aromatic heterocycles. The van der Waals surface area contributed by atoms with Crippen LogP contribution in [0.15, 0.2) is 21.5 Å². The zero-order valence-electron chi connectivity index (χ0n) is 11.7. The van der Waals surface area contributed by atoms with E-state index in [0.717, 1.165) is 12.6 Å². The number of sulfonamides is 1. The molecule has 1 aromatic carbocycles.